The first kappa shape index (κ1) is 21.5. The summed E-state index contributed by atoms with van der Waals surface area (Å²) in [5, 5.41) is 7.71. The van der Waals surface area contributed by atoms with Gasteiger partial charge in [-0.25, -0.2) is 5.01 Å². The van der Waals surface area contributed by atoms with Crippen LogP contribution in [0.5, 0.6) is 23.0 Å². The first-order chi connectivity index (χ1) is 16.1. The first-order valence-corrected chi connectivity index (χ1v) is 11.3. The lowest BCUT2D eigenvalue weighted by Gasteiger charge is -2.38. The van der Waals surface area contributed by atoms with Crippen molar-refractivity contribution in [2.45, 2.75) is 25.6 Å². The molecule has 7 heteroatoms. The number of hydrogen-bond donors (Lipinski definition) is 0. The number of rotatable bonds is 6. The monoisotopic (exact) mass is 464 g/mol. The van der Waals surface area contributed by atoms with E-state index in [0.29, 0.717) is 23.1 Å². The van der Waals surface area contributed by atoms with Crippen molar-refractivity contribution >= 4 is 17.3 Å². The number of nitrogens with zero attached hydrogens (tertiary/aromatic N) is 2. The largest absolute Gasteiger partial charge is 0.494 e. The lowest BCUT2D eigenvalue weighted by atomic mass is 9.96. The van der Waals surface area contributed by atoms with Crippen LogP contribution in [0.2, 0.25) is 5.02 Å². The molecule has 0 unspecified atom stereocenters. The average Bonchev–Trinajstić information content (AvgIpc) is 3.30. The minimum atomic E-state index is -0.413. The Balaban J connectivity index is 1.55. The quantitative estimate of drug-likeness (QED) is 0.448. The minimum Gasteiger partial charge on any atom is -0.494 e. The zero-order valence-corrected chi connectivity index (χ0v) is 19.5. The first-order valence-electron chi connectivity index (χ1n) is 10.9. The maximum Gasteiger partial charge on any atom is 0.214 e. The molecule has 0 saturated carbocycles. The summed E-state index contributed by atoms with van der Waals surface area (Å²) >= 11 is 6.34. The van der Waals surface area contributed by atoms with Crippen molar-refractivity contribution in [3.8, 4) is 23.0 Å². The van der Waals surface area contributed by atoms with Gasteiger partial charge in [0.2, 0.25) is 6.23 Å². The Morgan fingerprint density at radius 1 is 1.00 bits per heavy atom. The van der Waals surface area contributed by atoms with Crippen molar-refractivity contribution < 1.29 is 18.9 Å². The summed E-state index contributed by atoms with van der Waals surface area (Å²) in [7, 11) is 3.25. The predicted molar refractivity (Wildman–Crippen MR) is 128 cm³/mol. The molecule has 2 aliphatic rings. The number of benzene rings is 3. The summed E-state index contributed by atoms with van der Waals surface area (Å²) in [6.07, 6.45) is 0.331. The summed E-state index contributed by atoms with van der Waals surface area (Å²) < 4.78 is 23.0. The highest BCUT2D eigenvalue weighted by Crippen LogP contribution is 2.49. The number of methoxy groups -OCH3 is 2. The van der Waals surface area contributed by atoms with E-state index in [1.54, 1.807) is 14.2 Å². The molecule has 0 amide bonds. The van der Waals surface area contributed by atoms with Crippen LogP contribution in [0.1, 0.15) is 42.3 Å². The van der Waals surface area contributed by atoms with E-state index in [1.807, 2.05) is 72.6 Å². The van der Waals surface area contributed by atoms with E-state index in [1.165, 1.54) is 0 Å². The van der Waals surface area contributed by atoms with E-state index in [2.05, 4.69) is 0 Å². The molecule has 0 aliphatic carbocycles. The van der Waals surface area contributed by atoms with E-state index in [9.17, 15) is 0 Å². The average molecular weight is 465 g/mol. The molecule has 33 heavy (non-hydrogen) atoms. The van der Waals surface area contributed by atoms with E-state index in [4.69, 9.17) is 35.6 Å². The molecule has 0 fully saturated rings. The molecule has 0 bridgehead atoms. The van der Waals surface area contributed by atoms with Gasteiger partial charge in [-0.2, -0.15) is 5.10 Å². The lowest BCUT2D eigenvalue weighted by molar-refractivity contribution is -0.0191. The SMILES string of the molecule is CCOc1ccc(C2=NN3[C@@H](c4ccc(OC)c(OC)c4)Oc4ccc(Cl)cc4[C@@H]3C2)cc1. The van der Waals surface area contributed by atoms with Crippen molar-refractivity contribution in [2.75, 3.05) is 20.8 Å². The van der Waals surface area contributed by atoms with Crippen LogP contribution in [0.25, 0.3) is 0 Å². The topological polar surface area (TPSA) is 52.5 Å². The second-order valence-corrected chi connectivity index (χ2v) is 8.31. The fourth-order valence-electron chi connectivity index (χ4n) is 4.37. The zero-order valence-electron chi connectivity index (χ0n) is 18.7. The molecule has 0 aromatic heterocycles. The third-order valence-electron chi connectivity index (χ3n) is 5.94. The van der Waals surface area contributed by atoms with E-state index < -0.39 is 6.23 Å². The number of hydrogen-bond acceptors (Lipinski definition) is 6. The van der Waals surface area contributed by atoms with Crippen LogP contribution in [0.4, 0.5) is 0 Å². The number of halogens is 1. The molecule has 0 N–H and O–H groups in total. The highest BCUT2D eigenvalue weighted by Gasteiger charge is 2.41. The molecular formula is C26H25ClN2O4. The standard InChI is InChI=1S/C26H25ClN2O4/c1-4-32-19-9-5-16(6-10-19)21-15-22-20-14-18(27)8-12-23(20)33-26(29(22)28-21)17-7-11-24(30-2)25(13-17)31-3/h5-14,22,26H,4,15H2,1-3H3/t22-,26+/m0/s1. The fraction of sp³-hybridized carbons (Fsp3) is 0.269. The van der Waals surface area contributed by atoms with Gasteiger partial charge in [0, 0.05) is 22.6 Å². The van der Waals surface area contributed by atoms with Crippen LogP contribution in [0, 0.1) is 0 Å². The van der Waals surface area contributed by atoms with E-state index in [-0.39, 0.29) is 6.04 Å². The van der Waals surface area contributed by atoms with Gasteiger partial charge in [-0.3, -0.25) is 0 Å². The Labute approximate surface area is 198 Å². The van der Waals surface area contributed by atoms with Gasteiger partial charge in [-0.15, -0.1) is 0 Å². The number of ether oxygens (including phenoxy) is 4. The van der Waals surface area contributed by atoms with Gasteiger partial charge in [0.05, 0.1) is 32.6 Å². The Morgan fingerprint density at radius 2 is 1.79 bits per heavy atom. The van der Waals surface area contributed by atoms with E-state index in [0.717, 1.165) is 40.3 Å². The predicted octanol–water partition coefficient (Wildman–Crippen LogP) is 6.00. The van der Waals surface area contributed by atoms with Crippen molar-refractivity contribution in [1.82, 2.24) is 5.01 Å². The van der Waals surface area contributed by atoms with Gasteiger partial charge in [-0.1, -0.05) is 11.6 Å². The van der Waals surface area contributed by atoms with Crippen LogP contribution < -0.4 is 18.9 Å². The Hall–Kier alpha value is -3.38. The molecule has 0 radical (unpaired) electrons. The fourth-order valence-corrected chi connectivity index (χ4v) is 4.55. The third kappa shape index (κ3) is 3.95. The van der Waals surface area contributed by atoms with Gasteiger partial charge >= 0.3 is 0 Å². The van der Waals surface area contributed by atoms with Crippen LogP contribution in [0.15, 0.2) is 65.8 Å². The molecule has 2 heterocycles. The maximum absolute atomic E-state index is 6.44. The highest BCUT2D eigenvalue weighted by molar-refractivity contribution is 6.30. The molecule has 2 aliphatic heterocycles. The number of hydrazone groups is 1. The maximum atomic E-state index is 6.44. The van der Waals surface area contributed by atoms with Gasteiger partial charge in [0.25, 0.3) is 0 Å². The van der Waals surface area contributed by atoms with E-state index >= 15 is 0 Å². The van der Waals surface area contributed by atoms with Gasteiger partial charge in [0.15, 0.2) is 11.5 Å². The van der Waals surface area contributed by atoms with Crippen molar-refractivity contribution in [3.05, 3.63) is 82.4 Å². The smallest absolute Gasteiger partial charge is 0.214 e. The summed E-state index contributed by atoms with van der Waals surface area (Å²) in [4.78, 5) is 0. The number of fused-ring (bicyclic) bond motifs is 3. The van der Waals surface area contributed by atoms with Gasteiger partial charge in [0.1, 0.15) is 11.5 Å². The molecular weight excluding hydrogens is 440 g/mol. The van der Waals surface area contributed by atoms with Crippen LogP contribution >= 0.6 is 11.6 Å². The normalized spacial score (nSPS) is 18.7. The lowest BCUT2D eigenvalue weighted by Crippen LogP contribution is -2.33. The van der Waals surface area contributed by atoms with Crippen LogP contribution in [0.3, 0.4) is 0 Å². The Morgan fingerprint density at radius 3 is 2.52 bits per heavy atom. The Kier molecular flexibility index (Phi) is 5.77. The van der Waals surface area contributed by atoms with Crippen LogP contribution in [-0.4, -0.2) is 31.5 Å². The summed E-state index contributed by atoms with van der Waals surface area (Å²) in [5.41, 5.74) is 4.01. The second-order valence-electron chi connectivity index (χ2n) is 7.87. The van der Waals surface area contributed by atoms with Crippen molar-refractivity contribution in [3.63, 3.8) is 0 Å². The Bertz CT molecular complexity index is 1200. The second kappa shape index (κ2) is 8.87. The summed E-state index contributed by atoms with van der Waals surface area (Å²) in [5.74, 6) is 2.97. The molecule has 170 valence electrons. The molecule has 2 atom stereocenters. The van der Waals surface area contributed by atoms with Crippen molar-refractivity contribution in [1.29, 1.82) is 0 Å². The van der Waals surface area contributed by atoms with Gasteiger partial charge in [-0.05, 0) is 73.2 Å². The van der Waals surface area contributed by atoms with Gasteiger partial charge < -0.3 is 18.9 Å². The zero-order chi connectivity index (χ0) is 22.9. The molecule has 5 rings (SSSR count). The molecule has 0 saturated heterocycles. The highest BCUT2D eigenvalue weighted by atomic mass is 35.5. The van der Waals surface area contributed by atoms with Crippen LogP contribution in [-0.2, 0) is 0 Å². The van der Waals surface area contributed by atoms with Crippen molar-refractivity contribution in [2.24, 2.45) is 5.10 Å². The molecule has 3 aromatic rings. The summed E-state index contributed by atoms with van der Waals surface area (Å²) in [6, 6.07) is 19.6. The molecule has 6 nitrogen and oxygen atoms in total. The minimum absolute atomic E-state index is 0.00659. The molecule has 0 spiro atoms. The third-order valence-corrected chi connectivity index (χ3v) is 6.18. The molecule has 3 aromatic carbocycles. The summed E-state index contributed by atoms with van der Waals surface area (Å²) in [6.45, 7) is 2.61.